The molecule has 1 fully saturated rings. The van der Waals surface area contributed by atoms with E-state index in [1.165, 1.54) is 4.90 Å². The van der Waals surface area contributed by atoms with Crippen LogP contribution in [0.15, 0.2) is 42.5 Å². The fourth-order valence-electron chi connectivity index (χ4n) is 4.98. The summed E-state index contributed by atoms with van der Waals surface area (Å²) in [6.07, 6.45) is 4.87. The van der Waals surface area contributed by atoms with Gasteiger partial charge in [-0.2, -0.15) is 0 Å². The Morgan fingerprint density at radius 3 is 2.47 bits per heavy atom. The standard InChI is InChI=1S/C28H35N3O3/c1-4-18(5-2)15-23(30-25(32)16-19-13-14-19)28(34)31-24-12-8-11-22(29)26(24)21-10-7-6-9-20(21)17(3)27(31)33/h6-12,17-19,23H,4-5,13-16,29H2,1-3H3,(H,30,32)/t17?,23-/m0/s1. The average molecular weight is 462 g/mol. The van der Waals surface area contributed by atoms with Gasteiger partial charge in [0.2, 0.25) is 11.8 Å². The summed E-state index contributed by atoms with van der Waals surface area (Å²) in [7, 11) is 0. The van der Waals surface area contributed by atoms with Crippen molar-refractivity contribution in [2.24, 2.45) is 11.8 Å². The van der Waals surface area contributed by atoms with E-state index in [2.05, 4.69) is 19.2 Å². The second-order valence-electron chi connectivity index (χ2n) is 9.75. The molecule has 6 nitrogen and oxygen atoms in total. The molecule has 2 aromatic carbocycles. The van der Waals surface area contributed by atoms with Gasteiger partial charge in [0, 0.05) is 17.7 Å². The van der Waals surface area contributed by atoms with Gasteiger partial charge in [-0.25, -0.2) is 4.90 Å². The number of nitrogen functional groups attached to an aromatic ring is 1. The van der Waals surface area contributed by atoms with Crippen molar-refractivity contribution in [3.63, 3.8) is 0 Å². The van der Waals surface area contributed by atoms with E-state index in [0.717, 1.165) is 36.8 Å². The normalized spacial score (nSPS) is 18.2. The van der Waals surface area contributed by atoms with E-state index in [0.29, 0.717) is 35.7 Å². The maximum atomic E-state index is 14.1. The molecular weight excluding hydrogens is 426 g/mol. The number of benzene rings is 2. The van der Waals surface area contributed by atoms with E-state index >= 15 is 0 Å². The Kier molecular flexibility index (Phi) is 7.05. The minimum Gasteiger partial charge on any atom is -0.398 e. The van der Waals surface area contributed by atoms with Crippen LogP contribution in [0.25, 0.3) is 11.1 Å². The maximum absolute atomic E-state index is 14.1. The summed E-state index contributed by atoms with van der Waals surface area (Å²) in [6.45, 7) is 6.01. The molecule has 1 heterocycles. The zero-order valence-electron chi connectivity index (χ0n) is 20.3. The SMILES string of the molecule is CCC(CC)C[C@H](NC(=O)CC1CC1)C(=O)N1C(=O)C(C)c2ccccc2-c2c(N)cccc21. The second-order valence-corrected chi connectivity index (χ2v) is 9.75. The highest BCUT2D eigenvalue weighted by Gasteiger charge is 2.39. The van der Waals surface area contributed by atoms with Crippen molar-refractivity contribution >= 4 is 29.1 Å². The third kappa shape index (κ3) is 4.72. The number of rotatable bonds is 8. The quantitative estimate of drug-likeness (QED) is 0.540. The molecule has 6 heteroatoms. The number of fused-ring (bicyclic) bond motifs is 3. The molecule has 2 aromatic rings. The van der Waals surface area contributed by atoms with Gasteiger partial charge < -0.3 is 11.1 Å². The smallest absolute Gasteiger partial charge is 0.256 e. The molecule has 3 N–H and O–H groups in total. The first-order valence-electron chi connectivity index (χ1n) is 12.5. The molecule has 0 saturated heterocycles. The Morgan fingerprint density at radius 2 is 1.79 bits per heavy atom. The molecule has 1 aliphatic carbocycles. The first-order chi connectivity index (χ1) is 16.3. The van der Waals surface area contributed by atoms with Crippen LogP contribution in [-0.4, -0.2) is 23.8 Å². The van der Waals surface area contributed by atoms with Crippen LogP contribution in [-0.2, 0) is 14.4 Å². The third-order valence-electron chi connectivity index (χ3n) is 7.35. The summed E-state index contributed by atoms with van der Waals surface area (Å²) in [6, 6.07) is 12.2. The topological polar surface area (TPSA) is 92.5 Å². The van der Waals surface area contributed by atoms with E-state index in [4.69, 9.17) is 5.73 Å². The van der Waals surface area contributed by atoms with Crippen molar-refractivity contribution in [1.29, 1.82) is 0 Å². The summed E-state index contributed by atoms with van der Waals surface area (Å²) >= 11 is 0. The molecular formula is C28H35N3O3. The van der Waals surface area contributed by atoms with Crippen LogP contribution >= 0.6 is 0 Å². The lowest BCUT2D eigenvalue weighted by Gasteiger charge is -2.30. The summed E-state index contributed by atoms with van der Waals surface area (Å²) < 4.78 is 0. The fourth-order valence-corrected chi connectivity index (χ4v) is 4.98. The van der Waals surface area contributed by atoms with Gasteiger partial charge in [0.25, 0.3) is 5.91 Å². The average Bonchev–Trinajstić information content (AvgIpc) is 3.65. The Morgan fingerprint density at radius 1 is 1.09 bits per heavy atom. The predicted molar refractivity (Wildman–Crippen MR) is 135 cm³/mol. The van der Waals surface area contributed by atoms with E-state index in [1.54, 1.807) is 18.2 Å². The summed E-state index contributed by atoms with van der Waals surface area (Å²) in [5.74, 6) is -0.632. The van der Waals surface area contributed by atoms with Gasteiger partial charge >= 0.3 is 0 Å². The number of nitrogens with two attached hydrogens (primary N) is 1. The lowest BCUT2D eigenvalue weighted by atomic mass is 9.91. The molecule has 1 saturated carbocycles. The number of carbonyl (C=O) groups is 3. The first kappa shape index (κ1) is 24.0. The van der Waals surface area contributed by atoms with Crippen LogP contribution in [0.2, 0.25) is 0 Å². The zero-order valence-corrected chi connectivity index (χ0v) is 20.3. The highest BCUT2D eigenvalue weighted by Crippen LogP contribution is 2.44. The highest BCUT2D eigenvalue weighted by molar-refractivity contribution is 6.22. The predicted octanol–water partition coefficient (Wildman–Crippen LogP) is 5.02. The van der Waals surface area contributed by atoms with Crippen LogP contribution in [0.3, 0.4) is 0 Å². The van der Waals surface area contributed by atoms with Crippen molar-refractivity contribution in [3.8, 4) is 11.1 Å². The van der Waals surface area contributed by atoms with Crippen molar-refractivity contribution in [2.75, 3.05) is 10.6 Å². The first-order valence-corrected chi connectivity index (χ1v) is 12.5. The van der Waals surface area contributed by atoms with Crippen LogP contribution in [0.1, 0.15) is 70.8 Å². The number of hydrogen-bond donors (Lipinski definition) is 2. The Balaban J connectivity index is 1.76. The molecule has 0 radical (unpaired) electrons. The van der Waals surface area contributed by atoms with Crippen molar-refractivity contribution in [1.82, 2.24) is 5.32 Å². The third-order valence-corrected chi connectivity index (χ3v) is 7.35. The summed E-state index contributed by atoms with van der Waals surface area (Å²) in [4.78, 5) is 41.9. The molecule has 1 unspecified atom stereocenters. The minimum atomic E-state index is -0.761. The number of nitrogens with zero attached hydrogens (tertiary/aromatic N) is 1. The van der Waals surface area contributed by atoms with Gasteiger partial charge in [-0.05, 0) is 61.3 Å². The van der Waals surface area contributed by atoms with Crippen LogP contribution in [0, 0.1) is 11.8 Å². The number of carbonyl (C=O) groups excluding carboxylic acids is 3. The zero-order chi connectivity index (χ0) is 24.4. The lowest BCUT2D eigenvalue weighted by Crippen LogP contribution is -2.52. The maximum Gasteiger partial charge on any atom is 0.256 e. The van der Waals surface area contributed by atoms with E-state index in [-0.39, 0.29) is 23.6 Å². The number of nitrogens with one attached hydrogen (secondary N) is 1. The molecule has 180 valence electrons. The number of imide groups is 1. The van der Waals surface area contributed by atoms with Crippen LogP contribution < -0.4 is 16.0 Å². The Hall–Kier alpha value is -3.15. The van der Waals surface area contributed by atoms with E-state index < -0.39 is 12.0 Å². The fraction of sp³-hybridized carbons (Fsp3) is 0.464. The molecule has 4 rings (SSSR count). The van der Waals surface area contributed by atoms with Gasteiger partial charge in [-0.3, -0.25) is 14.4 Å². The molecule has 3 amide bonds. The van der Waals surface area contributed by atoms with Crippen molar-refractivity contribution in [2.45, 2.75) is 71.3 Å². The van der Waals surface area contributed by atoms with Gasteiger partial charge in [0.05, 0.1) is 11.6 Å². The molecule has 0 spiro atoms. The van der Waals surface area contributed by atoms with Gasteiger partial charge in [-0.1, -0.05) is 57.0 Å². The Labute approximate surface area is 201 Å². The summed E-state index contributed by atoms with van der Waals surface area (Å²) in [5.41, 5.74) is 9.79. The monoisotopic (exact) mass is 461 g/mol. The molecule has 2 aliphatic rings. The van der Waals surface area contributed by atoms with Crippen LogP contribution in [0.5, 0.6) is 0 Å². The van der Waals surface area contributed by atoms with Crippen LogP contribution in [0.4, 0.5) is 11.4 Å². The highest BCUT2D eigenvalue weighted by atomic mass is 16.2. The molecule has 34 heavy (non-hydrogen) atoms. The number of amides is 3. The second kappa shape index (κ2) is 10.00. The largest absolute Gasteiger partial charge is 0.398 e. The van der Waals surface area contributed by atoms with E-state index in [1.807, 2.05) is 31.2 Å². The van der Waals surface area contributed by atoms with E-state index in [9.17, 15) is 14.4 Å². The molecule has 0 bridgehead atoms. The molecule has 2 atom stereocenters. The molecule has 0 aromatic heterocycles. The van der Waals surface area contributed by atoms with Crippen molar-refractivity contribution in [3.05, 3.63) is 48.0 Å². The number of anilines is 2. The van der Waals surface area contributed by atoms with Crippen molar-refractivity contribution < 1.29 is 14.4 Å². The Bertz CT molecular complexity index is 1090. The van der Waals surface area contributed by atoms with Gasteiger partial charge in [0.1, 0.15) is 6.04 Å². The van der Waals surface area contributed by atoms with Gasteiger partial charge in [0.15, 0.2) is 0 Å². The summed E-state index contributed by atoms with van der Waals surface area (Å²) in [5, 5.41) is 2.99. The number of hydrogen-bond acceptors (Lipinski definition) is 4. The molecule has 1 aliphatic heterocycles. The van der Waals surface area contributed by atoms with Gasteiger partial charge in [-0.15, -0.1) is 0 Å². The lowest BCUT2D eigenvalue weighted by molar-refractivity contribution is -0.132. The minimum absolute atomic E-state index is 0.113.